The number of carbonyl (C=O) groups is 1. The van der Waals surface area contributed by atoms with Crippen molar-refractivity contribution in [3.63, 3.8) is 0 Å². The average molecular weight is 412 g/mol. The van der Waals surface area contributed by atoms with Crippen LogP contribution in [0.25, 0.3) is 11.0 Å². The molecule has 1 amide bonds. The van der Waals surface area contributed by atoms with Gasteiger partial charge in [0.15, 0.2) is 11.6 Å². The molecule has 4 nitrogen and oxygen atoms in total. The van der Waals surface area contributed by atoms with Crippen molar-refractivity contribution in [3.05, 3.63) is 70.5 Å². The van der Waals surface area contributed by atoms with E-state index in [1.54, 1.807) is 12.3 Å². The predicted octanol–water partition coefficient (Wildman–Crippen LogP) is 4.65. The molecule has 1 aromatic heterocycles. The standard InChI is InChI=1S/C24H26F2N2O2/c1-15-3-5-20-18(14-30-24(20)16(15)2)12-23(29)27-19-7-9-28(10-8-19)13-17-4-6-21(25)22(26)11-17/h3-6,11,14,19H,7-10,12-13H2,1-2H3,(H,27,29). The first-order valence-electron chi connectivity index (χ1n) is 10.3. The van der Waals surface area contributed by atoms with Crippen LogP contribution in [0.1, 0.15) is 35.1 Å². The van der Waals surface area contributed by atoms with Gasteiger partial charge in [0.2, 0.25) is 5.91 Å². The van der Waals surface area contributed by atoms with Gasteiger partial charge in [-0.3, -0.25) is 9.69 Å². The second kappa shape index (κ2) is 8.56. The Morgan fingerprint density at radius 3 is 2.63 bits per heavy atom. The van der Waals surface area contributed by atoms with Gasteiger partial charge in [-0.2, -0.15) is 0 Å². The highest BCUT2D eigenvalue weighted by Gasteiger charge is 2.22. The molecule has 2 aromatic carbocycles. The summed E-state index contributed by atoms with van der Waals surface area (Å²) >= 11 is 0. The van der Waals surface area contributed by atoms with E-state index in [1.165, 1.54) is 17.7 Å². The van der Waals surface area contributed by atoms with Gasteiger partial charge in [0.05, 0.1) is 12.7 Å². The Labute approximate surface area is 174 Å². The third-order valence-corrected chi connectivity index (χ3v) is 6.04. The fraction of sp³-hybridized carbons (Fsp3) is 0.375. The first-order chi connectivity index (χ1) is 14.4. The topological polar surface area (TPSA) is 45.5 Å². The van der Waals surface area contributed by atoms with E-state index in [4.69, 9.17) is 4.42 Å². The minimum absolute atomic E-state index is 0.00464. The summed E-state index contributed by atoms with van der Waals surface area (Å²) in [5.41, 5.74) is 4.79. The molecule has 4 rings (SSSR count). The van der Waals surface area contributed by atoms with Crippen LogP contribution in [0.15, 0.2) is 41.0 Å². The van der Waals surface area contributed by atoms with Crippen molar-refractivity contribution in [2.45, 2.75) is 45.7 Å². The van der Waals surface area contributed by atoms with E-state index in [1.807, 2.05) is 19.9 Å². The predicted molar refractivity (Wildman–Crippen MR) is 112 cm³/mol. The van der Waals surface area contributed by atoms with Gasteiger partial charge in [-0.25, -0.2) is 8.78 Å². The number of aryl methyl sites for hydroxylation is 2. The molecule has 1 aliphatic heterocycles. The van der Waals surface area contributed by atoms with Crippen molar-refractivity contribution in [2.24, 2.45) is 0 Å². The number of furan rings is 1. The Bertz CT molecular complexity index is 1070. The van der Waals surface area contributed by atoms with Crippen LogP contribution in [0.3, 0.4) is 0 Å². The van der Waals surface area contributed by atoms with E-state index < -0.39 is 11.6 Å². The molecular formula is C24H26F2N2O2. The first kappa shape index (κ1) is 20.5. The molecule has 0 spiro atoms. The lowest BCUT2D eigenvalue weighted by atomic mass is 10.0. The maximum absolute atomic E-state index is 13.4. The number of nitrogens with one attached hydrogen (secondary N) is 1. The van der Waals surface area contributed by atoms with Crippen LogP contribution in [0.2, 0.25) is 0 Å². The molecule has 3 aromatic rings. The van der Waals surface area contributed by atoms with E-state index in [-0.39, 0.29) is 11.9 Å². The molecule has 2 heterocycles. The Kier molecular flexibility index (Phi) is 5.86. The minimum atomic E-state index is -0.823. The lowest BCUT2D eigenvalue weighted by molar-refractivity contribution is -0.121. The van der Waals surface area contributed by atoms with E-state index in [0.29, 0.717) is 13.0 Å². The van der Waals surface area contributed by atoms with Gasteiger partial charge in [-0.15, -0.1) is 0 Å². The van der Waals surface area contributed by atoms with E-state index in [0.717, 1.165) is 53.6 Å². The normalized spacial score (nSPS) is 15.6. The summed E-state index contributed by atoms with van der Waals surface area (Å²) in [5, 5.41) is 4.13. The molecule has 0 radical (unpaired) electrons. The smallest absolute Gasteiger partial charge is 0.224 e. The molecule has 0 unspecified atom stereocenters. The zero-order valence-corrected chi connectivity index (χ0v) is 17.3. The largest absolute Gasteiger partial charge is 0.464 e. The van der Waals surface area contributed by atoms with Crippen molar-refractivity contribution in [1.29, 1.82) is 0 Å². The number of benzene rings is 2. The Morgan fingerprint density at radius 2 is 1.90 bits per heavy atom. The number of fused-ring (bicyclic) bond motifs is 1. The highest BCUT2D eigenvalue weighted by Crippen LogP contribution is 2.27. The summed E-state index contributed by atoms with van der Waals surface area (Å²) in [6.07, 6.45) is 3.64. The molecule has 1 aliphatic rings. The van der Waals surface area contributed by atoms with Crippen molar-refractivity contribution in [2.75, 3.05) is 13.1 Å². The first-order valence-corrected chi connectivity index (χ1v) is 10.3. The summed E-state index contributed by atoms with van der Waals surface area (Å²) < 4.78 is 32.2. The van der Waals surface area contributed by atoms with Gasteiger partial charge < -0.3 is 9.73 Å². The SMILES string of the molecule is Cc1ccc2c(CC(=O)NC3CCN(Cc4ccc(F)c(F)c4)CC3)coc2c1C. The molecule has 0 atom stereocenters. The third kappa shape index (κ3) is 4.38. The lowest BCUT2D eigenvalue weighted by Crippen LogP contribution is -2.44. The summed E-state index contributed by atoms with van der Waals surface area (Å²) in [4.78, 5) is 14.8. The van der Waals surface area contributed by atoms with Crippen LogP contribution in [0.5, 0.6) is 0 Å². The highest BCUT2D eigenvalue weighted by atomic mass is 19.2. The molecular weight excluding hydrogens is 386 g/mol. The molecule has 1 N–H and O–H groups in total. The average Bonchev–Trinajstić information content (AvgIpc) is 3.12. The van der Waals surface area contributed by atoms with Gasteiger partial charge in [0.25, 0.3) is 0 Å². The van der Waals surface area contributed by atoms with Gasteiger partial charge in [-0.1, -0.05) is 18.2 Å². The maximum atomic E-state index is 13.4. The number of halogens is 2. The molecule has 30 heavy (non-hydrogen) atoms. The number of likely N-dealkylation sites (tertiary alicyclic amines) is 1. The quantitative estimate of drug-likeness (QED) is 0.664. The minimum Gasteiger partial charge on any atom is -0.464 e. The fourth-order valence-corrected chi connectivity index (χ4v) is 4.11. The van der Waals surface area contributed by atoms with Gasteiger partial charge in [-0.05, 0) is 55.5 Å². The fourth-order valence-electron chi connectivity index (χ4n) is 4.11. The van der Waals surface area contributed by atoms with E-state index >= 15 is 0 Å². The van der Waals surface area contributed by atoms with Crippen LogP contribution < -0.4 is 5.32 Å². The number of nitrogens with zero attached hydrogens (tertiary/aromatic N) is 1. The summed E-state index contributed by atoms with van der Waals surface area (Å²) in [5.74, 6) is -1.64. The summed E-state index contributed by atoms with van der Waals surface area (Å²) in [7, 11) is 0. The van der Waals surface area contributed by atoms with Gasteiger partial charge in [0.1, 0.15) is 5.58 Å². The molecule has 0 bridgehead atoms. The van der Waals surface area contributed by atoms with Crippen molar-refractivity contribution in [1.82, 2.24) is 10.2 Å². The van der Waals surface area contributed by atoms with E-state index in [9.17, 15) is 13.6 Å². The van der Waals surface area contributed by atoms with Gasteiger partial charge in [0, 0.05) is 36.6 Å². The number of hydrogen-bond acceptors (Lipinski definition) is 3. The van der Waals surface area contributed by atoms with E-state index in [2.05, 4.69) is 16.3 Å². The van der Waals surface area contributed by atoms with Crippen molar-refractivity contribution >= 4 is 16.9 Å². The van der Waals surface area contributed by atoms with Gasteiger partial charge >= 0.3 is 0 Å². The Balaban J connectivity index is 1.29. The van der Waals surface area contributed by atoms with Crippen LogP contribution in [-0.2, 0) is 17.8 Å². The second-order valence-electron chi connectivity index (χ2n) is 8.19. The Morgan fingerprint density at radius 1 is 1.13 bits per heavy atom. The van der Waals surface area contributed by atoms with Crippen molar-refractivity contribution in [3.8, 4) is 0 Å². The zero-order valence-electron chi connectivity index (χ0n) is 17.3. The highest BCUT2D eigenvalue weighted by molar-refractivity contribution is 5.89. The van der Waals surface area contributed by atoms with Crippen LogP contribution in [0.4, 0.5) is 8.78 Å². The second-order valence-corrected chi connectivity index (χ2v) is 8.19. The summed E-state index contributed by atoms with van der Waals surface area (Å²) in [6, 6.07) is 8.23. The number of carbonyl (C=O) groups excluding carboxylic acids is 1. The molecule has 1 fully saturated rings. The molecule has 1 saturated heterocycles. The molecule has 158 valence electrons. The lowest BCUT2D eigenvalue weighted by Gasteiger charge is -2.32. The van der Waals surface area contributed by atoms with Crippen LogP contribution in [0, 0.1) is 25.5 Å². The number of hydrogen-bond donors (Lipinski definition) is 1. The summed E-state index contributed by atoms with van der Waals surface area (Å²) in [6.45, 7) is 6.26. The van der Waals surface area contributed by atoms with Crippen LogP contribution >= 0.6 is 0 Å². The molecule has 6 heteroatoms. The maximum Gasteiger partial charge on any atom is 0.224 e. The third-order valence-electron chi connectivity index (χ3n) is 6.04. The number of rotatable bonds is 5. The van der Waals surface area contributed by atoms with Crippen molar-refractivity contribution < 1.29 is 18.0 Å². The molecule has 0 saturated carbocycles. The number of piperidine rings is 1. The number of amides is 1. The zero-order chi connectivity index (χ0) is 21.3. The Hall–Kier alpha value is -2.73. The molecule has 0 aliphatic carbocycles. The monoisotopic (exact) mass is 412 g/mol. The van der Waals surface area contributed by atoms with Crippen LogP contribution in [-0.4, -0.2) is 29.9 Å².